The fourth-order valence-electron chi connectivity index (χ4n) is 4.74. The van der Waals surface area contributed by atoms with E-state index in [2.05, 4.69) is 48.2 Å². The van der Waals surface area contributed by atoms with Gasteiger partial charge in [-0.05, 0) is 68.0 Å². The quantitative estimate of drug-likeness (QED) is 0.206. The van der Waals surface area contributed by atoms with Crippen LogP contribution < -0.4 is 15.4 Å². The predicted molar refractivity (Wildman–Crippen MR) is 168 cm³/mol. The van der Waals surface area contributed by atoms with Gasteiger partial charge in [-0.15, -0.1) is 0 Å². The van der Waals surface area contributed by atoms with E-state index >= 15 is 0 Å². The van der Waals surface area contributed by atoms with Crippen LogP contribution in [0.1, 0.15) is 58.1 Å². The third kappa shape index (κ3) is 11.7. The molecule has 2 aromatic carbocycles. The second-order valence-electron chi connectivity index (χ2n) is 11.9. The first kappa shape index (κ1) is 32.9. The normalized spacial score (nSPS) is 12.9. The standard InChI is InChI=1S/C34H49N5O3/c1-26(2)16-20-38(5)32(22-27(3)4)34(41)37-31(33(40)36-17-9-19-39-21-18-35-25-39)23-28-12-14-30(15-13-28)42-24-29-10-7-6-8-11-29/h6-8,10-15,18,21,25-27,31-32H,9,16-17,19-20,22-24H2,1-5H3,(H,36,40)(H,37,41)/t31-,32+/m0/s1. The minimum atomic E-state index is -0.685. The number of amides is 2. The highest BCUT2D eigenvalue weighted by Gasteiger charge is 2.29. The molecule has 42 heavy (non-hydrogen) atoms. The fourth-order valence-corrected chi connectivity index (χ4v) is 4.74. The van der Waals surface area contributed by atoms with E-state index in [4.69, 9.17) is 4.74 Å². The summed E-state index contributed by atoms with van der Waals surface area (Å²) in [4.78, 5) is 33.3. The largest absolute Gasteiger partial charge is 0.489 e. The van der Waals surface area contributed by atoms with Crippen molar-refractivity contribution in [2.24, 2.45) is 11.8 Å². The molecule has 1 heterocycles. The van der Waals surface area contributed by atoms with Crippen molar-refractivity contribution in [3.05, 3.63) is 84.4 Å². The predicted octanol–water partition coefficient (Wildman–Crippen LogP) is 5.09. The van der Waals surface area contributed by atoms with Gasteiger partial charge in [-0.2, -0.15) is 0 Å². The Kier molecular flexibility index (Phi) is 13.6. The lowest BCUT2D eigenvalue weighted by molar-refractivity contribution is -0.132. The van der Waals surface area contributed by atoms with Gasteiger partial charge in [0.2, 0.25) is 11.8 Å². The Morgan fingerprint density at radius 2 is 1.69 bits per heavy atom. The number of carbonyl (C=O) groups excluding carboxylic acids is 2. The first-order valence-electron chi connectivity index (χ1n) is 15.2. The van der Waals surface area contributed by atoms with Crippen molar-refractivity contribution >= 4 is 11.8 Å². The van der Waals surface area contributed by atoms with E-state index in [-0.39, 0.29) is 17.9 Å². The number of imidazole rings is 1. The van der Waals surface area contributed by atoms with Gasteiger partial charge in [0.25, 0.3) is 0 Å². The Balaban J connectivity index is 1.67. The molecule has 228 valence electrons. The average molecular weight is 576 g/mol. The number of benzene rings is 2. The van der Waals surface area contributed by atoms with Gasteiger partial charge in [-0.25, -0.2) is 4.98 Å². The van der Waals surface area contributed by atoms with E-state index in [1.54, 1.807) is 12.5 Å². The van der Waals surface area contributed by atoms with Crippen molar-refractivity contribution in [1.29, 1.82) is 0 Å². The number of nitrogens with one attached hydrogen (secondary N) is 2. The monoisotopic (exact) mass is 575 g/mol. The summed E-state index contributed by atoms with van der Waals surface area (Å²) in [5, 5.41) is 6.16. The van der Waals surface area contributed by atoms with E-state index < -0.39 is 6.04 Å². The van der Waals surface area contributed by atoms with Gasteiger partial charge >= 0.3 is 0 Å². The number of carbonyl (C=O) groups is 2. The molecule has 3 aromatic rings. The molecule has 2 N–H and O–H groups in total. The summed E-state index contributed by atoms with van der Waals surface area (Å²) < 4.78 is 7.92. The molecule has 0 aliphatic rings. The van der Waals surface area contributed by atoms with Crippen molar-refractivity contribution in [3.8, 4) is 5.75 Å². The molecule has 0 saturated carbocycles. The SMILES string of the molecule is CC(C)CCN(C)[C@H](CC(C)C)C(=O)N[C@@H](Cc1ccc(OCc2ccccc2)cc1)C(=O)NCCCn1ccnc1. The highest BCUT2D eigenvalue weighted by Crippen LogP contribution is 2.17. The summed E-state index contributed by atoms with van der Waals surface area (Å²) in [5.74, 6) is 1.38. The molecule has 2 amide bonds. The second-order valence-corrected chi connectivity index (χ2v) is 11.9. The third-order valence-corrected chi connectivity index (χ3v) is 7.28. The summed E-state index contributed by atoms with van der Waals surface area (Å²) in [7, 11) is 2.01. The highest BCUT2D eigenvalue weighted by molar-refractivity contribution is 5.90. The summed E-state index contributed by atoms with van der Waals surface area (Å²) in [6.07, 6.45) is 8.32. The maximum Gasteiger partial charge on any atom is 0.242 e. The van der Waals surface area contributed by atoms with Gasteiger partial charge in [0.15, 0.2) is 0 Å². The van der Waals surface area contributed by atoms with E-state index in [0.29, 0.717) is 31.4 Å². The van der Waals surface area contributed by atoms with Gasteiger partial charge in [-0.3, -0.25) is 14.5 Å². The molecule has 0 unspecified atom stereocenters. The summed E-state index contributed by atoms with van der Waals surface area (Å²) in [5.41, 5.74) is 2.05. The maximum absolute atomic E-state index is 13.7. The Morgan fingerprint density at radius 3 is 2.33 bits per heavy atom. The summed E-state index contributed by atoms with van der Waals surface area (Å²) in [6.45, 7) is 11.2. The number of hydrogen-bond acceptors (Lipinski definition) is 5. The Labute approximate surface area is 251 Å². The third-order valence-electron chi connectivity index (χ3n) is 7.28. The molecule has 0 bridgehead atoms. The first-order chi connectivity index (χ1) is 20.2. The minimum absolute atomic E-state index is 0.101. The zero-order valence-corrected chi connectivity index (χ0v) is 26.0. The summed E-state index contributed by atoms with van der Waals surface area (Å²) in [6, 6.07) is 16.8. The van der Waals surface area contributed by atoms with E-state index in [1.807, 2.05) is 72.4 Å². The second kappa shape index (κ2) is 17.3. The molecule has 0 spiro atoms. The smallest absolute Gasteiger partial charge is 0.242 e. The van der Waals surface area contributed by atoms with Crippen molar-refractivity contribution in [2.45, 2.75) is 78.6 Å². The number of ether oxygens (including phenoxy) is 1. The Hall–Kier alpha value is -3.65. The fraction of sp³-hybridized carbons (Fsp3) is 0.500. The average Bonchev–Trinajstić information content (AvgIpc) is 3.50. The molecular weight excluding hydrogens is 526 g/mol. The number of rotatable bonds is 18. The molecule has 8 nitrogen and oxygen atoms in total. The molecular formula is C34H49N5O3. The Morgan fingerprint density at radius 1 is 0.952 bits per heavy atom. The number of likely N-dealkylation sites (N-methyl/N-ethyl adjacent to an activating group) is 1. The molecule has 0 aliphatic heterocycles. The van der Waals surface area contributed by atoms with Crippen LogP contribution in [0.25, 0.3) is 0 Å². The minimum Gasteiger partial charge on any atom is -0.489 e. The van der Waals surface area contributed by atoms with Crippen molar-refractivity contribution in [1.82, 2.24) is 25.1 Å². The number of hydrogen-bond donors (Lipinski definition) is 2. The molecule has 3 rings (SSSR count). The molecule has 1 aromatic heterocycles. The van der Waals surface area contributed by atoms with Crippen LogP contribution >= 0.6 is 0 Å². The van der Waals surface area contributed by atoms with Gasteiger partial charge in [0, 0.05) is 31.9 Å². The van der Waals surface area contributed by atoms with E-state index in [1.165, 1.54) is 0 Å². The van der Waals surface area contributed by atoms with Gasteiger partial charge in [-0.1, -0.05) is 70.2 Å². The van der Waals surface area contributed by atoms with Crippen LogP contribution in [0.4, 0.5) is 0 Å². The van der Waals surface area contributed by atoms with Crippen LogP contribution in [0.2, 0.25) is 0 Å². The maximum atomic E-state index is 13.7. The lowest BCUT2D eigenvalue weighted by Crippen LogP contribution is -2.54. The molecule has 2 atom stereocenters. The van der Waals surface area contributed by atoms with Gasteiger partial charge in [0.1, 0.15) is 18.4 Å². The number of nitrogens with zero attached hydrogens (tertiary/aromatic N) is 3. The zero-order chi connectivity index (χ0) is 30.3. The lowest BCUT2D eigenvalue weighted by Gasteiger charge is -2.30. The number of aryl methyl sites for hydroxylation is 1. The van der Waals surface area contributed by atoms with Crippen molar-refractivity contribution in [3.63, 3.8) is 0 Å². The topological polar surface area (TPSA) is 88.5 Å². The zero-order valence-electron chi connectivity index (χ0n) is 26.0. The summed E-state index contributed by atoms with van der Waals surface area (Å²) >= 11 is 0. The lowest BCUT2D eigenvalue weighted by atomic mass is 9.99. The van der Waals surface area contributed by atoms with E-state index in [0.717, 1.165) is 49.2 Å². The highest BCUT2D eigenvalue weighted by atomic mass is 16.5. The van der Waals surface area contributed by atoms with Crippen LogP contribution in [0, 0.1) is 11.8 Å². The molecule has 8 heteroatoms. The van der Waals surface area contributed by atoms with Crippen LogP contribution in [-0.2, 0) is 29.2 Å². The van der Waals surface area contributed by atoms with Crippen LogP contribution in [-0.4, -0.2) is 58.5 Å². The molecule has 0 aliphatic carbocycles. The molecule has 0 fully saturated rings. The van der Waals surface area contributed by atoms with Crippen LogP contribution in [0.3, 0.4) is 0 Å². The van der Waals surface area contributed by atoms with E-state index in [9.17, 15) is 9.59 Å². The van der Waals surface area contributed by atoms with Crippen LogP contribution in [0.15, 0.2) is 73.3 Å². The first-order valence-corrected chi connectivity index (χ1v) is 15.2. The van der Waals surface area contributed by atoms with Gasteiger partial charge in [0.05, 0.1) is 12.4 Å². The number of aromatic nitrogens is 2. The molecule has 0 saturated heterocycles. The molecule has 0 radical (unpaired) electrons. The van der Waals surface area contributed by atoms with Crippen molar-refractivity contribution < 1.29 is 14.3 Å². The van der Waals surface area contributed by atoms with Crippen LogP contribution in [0.5, 0.6) is 5.75 Å². The Bertz CT molecular complexity index is 1180. The van der Waals surface area contributed by atoms with Crippen molar-refractivity contribution in [2.75, 3.05) is 20.1 Å². The van der Waals surface area contributed by atoms with Gasteiger partial charge < -0.3 is 19.9 Å².